The van der Waals surface area contributed by atoms with Crippen molar-refractivity contribution in [2.45, 2.75) is 37.5 Å². The molecule has 0 saturated carbocycles. The Morgan fingerprint density at radius 1 is 1.33 bits per heavy atom. The van der Waals surface area contributed by atoms with E-state index in [2.05, 4.69) is 5.32 Å². The van der Waals surface area contributed by atoms with Crippen LogP contribution in [0.5, 0.6) is 5.75 Å². The molecule has 5 atom stereocenters. The van der Waals surface area contributed by atoms with Crippen LogP contribution < -0.4 is 10.1 Å². The molecule has 9 nitrogen and oxygen atoms in total. The van der Waals surface area contributed by atoms with E-state index in [4.69, 9.17) is 14.2 Å². The van der Waals surface area contributed by atoms with Crippen molar-refractivity contribution in [1.82, 2.24) is 4.90 Å². The Hall–Kier alpha value is -2.65. The Morgan fingerprint density at radius 2 is 2.07 bits per heavy atom. The van der Waals surface area contributed by atoms with Crippen molar-refractivity contribution in [3.05, 3.63) is 24.3 Å². The van der Waals surface area contributed by atoms with Crippen LogP contribution in [0.4, 0.5) is 5.69 Å². The average Bonchev–Trinajstić information content (AvgIpc) is 3.37. The van der Waals surface area contributed by atoms with Gasteiger partial charge in [0.15, 0.2) is 0 Å². The summed E-state index contributed by atoms with van der Waals surface area (Å²) in [4.78, 5) is 40.5. The van der Waals surface area contributed by atoms with Gasteiger partial charge < -0.3 is 29.5 Å². The number of fused-ring (bicyclic) bond motifs is 1. The number of benzene rings is 1. The Kier molecular flexibility index (Phi) is 5.42. The summed E-state index contributed by atoms with van der Waals surface area (Å²) in [5, 5.41) is 12.3. The molecule has 1 aromatic rings. The van der Waals surface area contributed by atoms with Gasteiger partial charge in [0.1, 0.15) is 17.4 Å². The number of carbonyl (C=O) groups is 3. The third-order valence-corrected chi connectivity index (χ3v) is 6.31. The monoisotopic (exact) mass is 418 g/mol. The van der Waals surface area contributed by atoms with Crippen LogP contribution in [0.3, 0.4) is 0 Å². The molecule has 3 aliphatic heterocycles. The van der Waals surface area contributed by atoms with Crippen LogP contribution in [0.25, 0.3) is 0 Å². The summed E-state index contributed by atoms with van der Waals surface area (Å²) in [5.41, 5.74) is -0.545. The molecule has 3 saturated heterocycles. The number of amides is 2. The second-order valence-electron chi connectivity index (χ2n) is 7.78. The highest BCUT2D eigenvalue weighted by molar-refractivity contribution is 6.03. The average molecular weight is 418 g/mol. The number of carbonyl (C=O) groups excluding carboxylic acids is 3. The molecule has 2 amide bonds. The van der Waals surface area contributed by atoms with E-state index in [0.717, 1.165) is 0 Å². The number of anilines is 1. The van der Waals surface area contributed by atoms with Gasteiger partial charge in [-0.3, -0.25) is 14.4 Å². The lowest BCUT2D eigenvalue weighted by Gasteiger charge is -2.33. The summed E-state index contributed by atoms with van der Waals surface area (Å²) in [5.74, 6) is -2.09. The van der Waals surface area contributed by atoms with Gasteiger partial charge in [0, 0.05) is 12.2 Å². The zero-order valence-corrected chi connectivity index (χ0v) is 17.0. The summed E-state index contributed by atoms with van der Waals surface area (Å²) >= 11 is 0. The van der Waals surface area contributed by atoms with E-state index in [-0.39, 0.29) is 25.7 Å². The van der Waals surface area contributed by atoms with E-state index in [1.165, 1.54) is 4.90 Å². The Balaban J connectivity index is 1.64. The first-order chi connectivity index (χ1) is 14.5. The SMILES string of the molecule is CCOC(=O)[C@@H]1[C@@H]2CCC3(O2)C(C(=O)Nc2ccc(OC)cc2)N(CCO)C(=O)[C@H]13. The quantitative estimate of drug-likeness (QED) is 0.622. The van der Waals surface area contributed by atoms with Crippen molar-refractivity contribution in [2.24, 2.45) is 11.8 Å². The lowest BCUT2D eigenvalue weighted by molar-refractivity contribution is -0.154. The molecule has 2 bridgehead atoms. The molecule has 3 heterocycles. The first-order valence-electron chi connectivity index (χ1n) is 10.2. The minimum absolute atomic E-state index is 0.0125. The first kappa shape index (κ1) is 20.6. The highest BCUT2D eigenvalue weighted by Crippen LogP contribution is 2.58. The second-order valence-corrected chi connectivity index (χ2v) is 7.78. The van der Waals surface area contributed by atoms with Gasteiger partial charge in [-0.1, -0.05) is 0 Å². The maximum atomic E-state index is 13.3. The van der Waals surface area contributed by atoms with Crippen LogP contribution in [0.15, 0.2) is 24.3 Å². The van der Waals surface area contributed by atoms with E-state index >= 15 is 0 Å². The number of nitrogens with zero attached hydrogens (tertiary/aromatic N) is 1. The Bertz CT molecular complexity index is 842. The van der Waals surface area contributed by atoms with E-state index in [9.17, 15) is 19.5 Å². The van der Waals surface area contributed by atoms with Crippen molar-refractivity contribution in [3.63, 3.8) is 0 Å². The summed E-state index contributed by atoms with van der Waals surface area (Å²) in [6.45, 7) is 1.61. The van der Waals surface area contributed by atoms with Crippen molar-refractivity contribution in [1.29, 1.82) is 0 Å². The van der Waals surface area contributed by atoms with Crippen molar-refractivity contribution < 1.29 is 33.7 Å². The largest absolute Gasteiger partial charge is 0.497 e. The van der Waals surface area contributed by atoms with E-state index in [1.807, 2.05) is 0 Å². The third-order valence-electron chi connectivity index (χ3n) is 6.31. The highest BCUT2D eigenvalue weighted by Gasteiger charge is 2.74. The number of esters is 1. The standard InChI is InChI=1S/C21H26N2O7/c1-3-29-20(27)15-14-8-9-21(30-14)16(15)19(26)23(10-11-24)17(21)18(25)22-12-4-6-13(28-2)7-5-12/h4-7,14-17,24H,3,8-11H2,1-2H3,(H,22,25)/t14-,15+,16-,17?,21?/m0/s1. The minimum Gasteiger partial charge on any atom is -0.497 e. The van der Waals surface area contributed by atoms with Crippen molar-refractivity contribution in [2.75, 3.05) is 32.2 Å². The van der Waals surface area contributed by atoms with Crippen LogP contribution in [0, 0.1) is 11.8 Å². The number of rotatable bonds is 7. The molecule has 0 aliphatic carbocycles. The molecule has 0 radical (unpaired) electrons. The zero-order chi connectivity index (χ0) is 21.5. The molecule has 2 N–H and O–H groups in total. The normalized spacial score (nSPS) is 31.6. The molecular formula is C21H26N2O7. The number of methoxy groups -OCH3 is 1. The molecule has 3 fully saturated rings. The molecule has 2 unspecified atom stereocenters. The van der Waals surface area contributed by atoms with E-state index < -0.39 is 41.5 Å². The fraction of sp³-hybridized carbons (Fsp3) is 0.571. The summed E-state index contributed by atoms with van der Waals surface area (Å²) in [6.07, 6.45) is 0.629. The fourth-order valence-electron chi connectivity index (χ4n) is 5.19. The van der Waals surface area contributed by atoms with E-state index in [1.54, 1.807) is 38.3 Å². The first-order valence-corrected chi connectivity index (χ1v) is 10.2. The van der Waals surface area contributed by atoms with Crippen LogP contribution in [0.2, 0.25) is 0 Å². The van der Waals surface area contributed by atoms with Gasteiger partial charge in [-0.25, -0.2) is 0 Å². The van der Waals surface area contributed by atoms with Gasteiger partial charge in [-0.15, -0.1) is 0 Å². The van der Waals surface area contributed by atoms with Gasteiger partial charge in [0.25, 0.3) is 0 Å². The fourth-order valence-corrected chi connectivity index (χ4v) is 5.19. The Labute approximate surface area is 174 Å². The van der Waals surface area contributed by atoms with Crippen LogP contribution in [-0.2, 0) is 23.9 Å². The molecule has 30 heavy (non-hydrogen) atoms. The van der Waals surface area contributed by atoms with Crippen molar-refractivity contribution >= 4 is 23.5 Å². The Morgan fingerprint density at radius 3 is 2.70 bits per heavy atom. The van der Waals surface area contributed by atoms with Crippen molar-refractivity contribution in [3.8, 4) is 5.75 Å². The molecule has 3 aliphatic rings. The predicted octanol–water partition coefficient (Wildman–Crippen LogP) is 0.564. The summed E-state index contributed by atoms with van der Waals surface area (Å²) < 4.78 is 16.5. The lowest BCUT2D eigenvalue weighted by Crippen LogP contribution is -2.53. The second kappa shape index (κ2) is 7.88. The topological polar surface area (TPSA) is 114 Å². The molecule has 9 heteroatoms. The maximum absolute atomic E-state index is 13.3. The number of likely N-dealkylation sites (tertiary alicyclic amines) is 1. The molecule has 1 spiro atoms. The maximum Gasteiger partial charge on any atom is 0.312 e. The summed E-state index contributed by atoms with van der Waals surface area (Å²) in [7, 11) is 1.55. The number of β-amino-alcohol motifs (C(OH)–C–C–N with tert-alkyl or cyclic N) is 1. The number of ether oxygens (including phenoxy) is 3. The zero-order valence-electron chi connectivity index (χ0n) is 17.0. The van der Waals surface area contributed by atoms with E-state index in [0.29, 0.717) is 24.3 Å². The predicted molar refractivity (Wildman–Crippen MR) is 105 cm³/mol. The smallest absolute Gasteiger partial charge is 0.312 e. The number of hydrogen-bond acceptors (Lipinski definition) is 7. The van der Waals surface area contributed by atoms with Crippen LogP contribution >= 0.6 is 0 Å². The summed E-state index contributed by atoms with van der Waals surface area (Å²) in [6, 6.07) is 5.90. The number of aliphatic hydroxyl groups excluding tert-OH is 1. The molecule has 1 aromatic carbocycles. The van der Waals surface area contributed by atoms with Crippen LogP contribution in [0.1, 0.15) is 19.8 Å². The number of aliphatic hydroxyl groups is 1. The minimum atomic E-state index is -1.09. The van der Waals surface area contributed by atoms with Gasteiger partial charge in [-0.05, 0) is 44.0 Å². The van der Waals surface area contributed by atoms with Gasteiger partial charge in [-0.2, -0.15) is 0 Å². The molecular weight excluding hydrogens is 392 g/mol. The number of nitrogens with one attached hydrogen (secondary N) is 1. The van der Waals surface area contributed by atoms with Gasteiger partial charge in [0.05, 0.1) is 38.3 Å². The van der Waals surface area contributed by atoms with Gasteiger partial charge in [0.2, 0.25) is 11.8 Å². The molecule has 0 aromatic heterocycles. The van der Waals surface area contributed by atoms with Gasteiger partial charge >= 0.3 is 5.97 Å². The molecule has 4 rings (SSSR count). The third kappa shape index (κ3) is 3.04. The number of hydrogen-bond donors (Lipinski definition) is 2. The lowest BCUT2D eigenvalue weighted by atomic mass is 9.71. The molecule has 162 valence electrons. The van der Waals surface area contributed by atoms with Crippen LogP contribution in [-0.4, -0.2) is 72.4 Å². The highest BCUT2D eigenvalue weighted by atomic mass is 16.6.